The summed E-state index contributed by atoms with van der Waals surface area (Å²) in [6, 6.07) is 6.28. The third-order valence-corrected chi connectivity index (χ3v) is 3.45. The highest BCUT2D eigenvalue weighted by Crippen LogP contribution is 2.19. The lowest BCUT2D eigenvalue weighted by Gasteiger charge is -2.15. The van der Waals surface area contributed by atoms with Gasteiger partial charge in [0.1, 0.15) is 24.8 Å². The lowest BCUT2D eigenvalue weighted by atomic mass is 9.92. The quantitative estimate of drug-likeness (QED) is 0.689. The molecule has 0 aliphatic heterocycles. The predicted octanol–water partition coefficient (Wildman–Crippen LogP) is 1.97. The van der Waals surface area contributed by atoms with Crippen LogP contribution in [-0.2, 0) is 16.0 Å². The number of Topliss-reactive ketones (excluding diaryl/α,β-unsaturated/α-hetero) is 1. The molecule has 22 heavy (non-hydrogen) atoms. The minimum atomic E-state index is -0.909. The van der Waals surface area contributed by atoms with E-state index < -0.39 is 24.6 Å². The maximum atomic E-state index is 12.0. The fourth-order valence-electron chi connectivity index (χ4n) is 2.06. The molecule has 5 nitrogen and oxygen atoms in total. The number of alkyl halides is 1. The molecule has 1 aromatic rings. The Morgan fingerprint density at radius 2 is 1.91 bits per heavy atom. The summed E-state index contributed by atoms with van der Waals surface area (Å²) in [5.41, 5.74) is 6.48. The Bertz CT molecular complexity index is 489. The number of carbonyl (C=O) groups is 2. The first-order chi connectivity index (χ1) is 10.4. The zero-order valence-corrected chi connectivity index (χ0v) is 12.6. The van der Waals surface area contributed by atoms with Crippen LogP contribution in [0, 0.1) is 5.92 Å². The molecule has 3 N–H and O–H groups in total. The average Bonchev–Trinajstić information content (AvgIpc) is 2.49. The van der Waals surface area contributed by atoms with Gasteiger partial charge in [0.15, 0.2) is 0 Å². The van der Waals surface area contributed by atoms with Crippen LogP contribution in [0.1, 0.15) is 25.3 Å². The lowest BCUT2D eigenvalue weighted by molar-refractivity contribution is -0.142. The molecule has 122 valence electrons. The number of nitrogens with two attached hydrogens (primary N) is 1. The van der Waals surface area contributed by atoms with Crippen molar-refractivity contribution in [3.8, 4) is 5.75 Å². The summed E-state index contributed by atoms with van der Waals surface area (Å²) in [5.74, 6) is -1.10. The van der Waals surface area contributed by atoms with Gasteiger partial charge in [-0.25, -0.2) is 4.39 Å². The molecule has 1 rings (SSSR count). The van der Waals surface area contributed by atoms with Crippen LogP contribution in [-0.4, -0.2) is 36.2 Å². The lowest BCUT2D eigenvalue weighted by Crippen LogP contribution is -2.30. The molecule has 6 heteroatoms. The van der Waals surface area contributed by atoms with E-state index >= 15 is 0 Å². The molecule has 0 bridgehead atoms. The Balaban J connectivity index is 2.59. The summed E-state index contributed by atoms with van der Waals surface area (Å²) in [5, 5.41) is 9.26. The third-order valence-electron chi connectivity index (χ3n) is 3.45. The zero-order chi connectivity index (χ0) is 16.5. The number of rotatable bonds is 10. The largest absolute Gasteiger partial charge is 0.491 e. The molecule has 0 fully saturated rings. The Labute approximate surface area is 129 Å². The molecular formula is C16H22FNO4. The first kappa shape index (κ1) is 18.1. The van der Waals surface area contributed by atoms with E-state index in [1.807, 2.05) is 0 Å². The molecule has 0 heterocycles. The smallest absolute Gasteiger partial charge is 0.306 e. The summed E-state index contributed by atoms with van der Waals surface area (Å²) in [6.45, 7) is 0.843. The van der Waals surface area contributed by atoms with Crippen molar-refractivity contribution in [2.24, 2.45) is 11.7 Å². The highest BCUT2D eigenvalue weighted by molar-refractivity contribution is 5.81. The highest BCUT2D eigenvalue weighted by atomic mass is 18.2. The van der Waals surface area contributed by atoms with Crippen molar-refractivity contribution >= 4 is 11.8 Å². The highest BCUT2D eigenvalue weighted by Gasteiger charge is 2.20. The van der Waals surface area contributed by atoms with Crippen molar-refractivity contribution < 1.29 is 23.8 Å². The van der Waals surface area contributed by atoms with Crippen molar-refractivity contribution in [3.05, 3.63) is 29.8 Å². The van der Waals surface area contributed by atoms with Gasteiger partial charge in [0.2, 0.25) is 0 Å². The molecule has 0 amide bonds. The molecule has 0 unspecified atom stereocenters. The Kier molecular flexibility index (Phi) is 7.52. The van der Waals surface area contributed by atoms with E-state index in [1.165, 1.54) is 6.92 Å². The second-order valence-corrected chi connectivity index (χ2v) is 5.22. The number of hydrogen-bond donors (Lipinski definition) is 2. The summed E-state index contributed by atoms with van der Waals surface area (Å²) < 4.78 is 17.1. The SMILES string of the molecule is CC(=O)[C@@H](N)CC[C@@H](Cc1ccc(OCC[18F])cc1)C(=O)O. The van der Waals surface area contributed by atoms with E-state index in [9.17, 15) is 19.1 Å². The standard InChI is InChI=1S/C16H22FNO4/c1-11(19)15(18)7-4-13(16(20)21)10-12-2-5-14(6-3-12)22-9-8-17/h2-3,5-6,13,15H,4,7-10,18H2,1H3,(H,20,21)/t13-,15-/m0/s1/i17-1. The van der Waals surface area contributed by atoms with Gasteiger partial charge >= 0.3 is 5.97 Å². The van der Waals surface area contributed by atoms with Crippen LogP contribution in [0.2, 0.25) is 0 Å². The first-order valence-corrected chi connectivity index (χ1v) is 7.20. The molecule has 0 aliphatic carbocycles. The molecule has 0 saturated heterocycles. The van der Waals surface area contributed by atoms with Gasteiger partial charge in [-0.05, 0) is 43.9 Å². The van der Waals surface area contributed by atoms with Crippen LogP contribution in [0.25, 0.3) is 0 Å². The molecule has 0 radical (unpaired) electrons. The Morgan fingerprint density at radius 3 is 2.41 bits per heavy atom. The number of hydrogen-bond acceptors (Lipinski definition) is 4. The monoisotopic (exact) mass is 310 g/mol. The van der Waals surface area contributed by atoms with E-state index in [-0.39, 0.29) is 12.4 Å². The van der Waals surface area contributed by atoms with E-state index in [4.69, 9.17) is 10.5 Å². The number of carbonyl (C=O) groups excluding carboxylic acids is 1. The van der Waals surface area contributed by atoms with E-state index in [0.717, 1.165) is 5.56 Å². The van der Waals surface area contributed by atoms with Gasteiger partial charge in [0, 0.05) is 0 Å². The molecule has 0 aromatic heterocycles. The van der Waals surface area contributed by atoms with Crippen LogP contribution in [0.4, 0.5) is 4.39 Å². The van der Waals surface area contributed by atoms with E-state index in [2.05, 4.69) is 0 Å². The van der Waals surface area contributed by atoms with Crippen LogP contribution in [0.15, 0.2) is 24.3 Å². The number of carboxylic acid groups (broad SMARTS) is 1. The Hall–Kier alpha value is -1.95. The normalized spacial score (nSPS) is 13.4. The van der Waals surface area contributed by atoms with Gasteiger partial charge in [-0.15, -0.1) is 0 Å². The van der Waals surface area contributed by atoms with Crippen molar-refractivity contribution in [2.45, 2.75) is 32.2 Å². The molecular weight excluding hydrogens is 288 g/mol. The van der Waals surface area contributed by atoms with Crippen LogP contribution < -0.4 is 10.5 Å². The molecule has 1 aromatic carbocycles. The van der Waals surface area contributed by atoms with Gasteiger partial charge in [-0.2, -0.15) is 0 Å². The van der Waals surface area contributed by atoms with Gasteiger partial charge < -0.3 is 15.6 Å². The van der Waals surface area contributed by atoms with Crippen LogP contribution in [0.3, 0.4) is 0 Å². The van der Waals surface area contributed by atoms with Crippen molar-refractivity contribution in [3.63, 3.8) is 0 Å². The van der Waals surface area contributed by atoms with E-state index in [0.29, 0.717) is 25.0 Å². The van der Waals surface area contributed by atoms with Crippen molar-refractivity contribution in [1.29, 1.82) is 0 Å². The molecule has 0 spiro atoms. The molecule has 0 aliphatic rings. The van der Waals surface area contributed by atoms with Gasteiger partial charge in [-0.1, -0.05) is 12.1 Å². The predicted molar refractivity (Wildman–Crippen MR) is 80.6 cm³/mol. The second-order valence-electron chi connectivity index (χ2n) is 5.22. The number of halogens is 1. The maximum absolute atomic E-state index is 12.0. The summed E-state index contributed by atoms with van der Waals surface area (Å²) in [6.07, 6.45) is 1.05. The van der Waals surface area contributed by atoms with E-state index in [1.54, 1.807) is 24.3 Å². The minimum Gasteiger partial charge on any atom is -0.491 e. The average molecular weight is 310 g/mol. The first-order valence-electron chi connectivity index (χ1n) is 7.20. The van der Waals surface area contributed by atoms with Crippen LogP contribution >= 0.6 is 0 Å². The topological polar surface area (TPSA) is 89.6 Å². The van der Waals surface area contributed by atoms with Crippen LogP contribution in [0.5, 0.6) is 5.75 Å². The summed E-state index contributed by atoms with van der Waals surface area (Å²) in [7, 11) is 0. The fourth-order valence-corrected chi connectivity index (χ4v) is 2.06. The number of ketones is 1. The number of aliphatic carboxylic acids is 1. The minimum absolute atomic E-state index is 0.0000321. The number of benzene rings is 1. The summed E-state index contributed by atoms with van der Waals surface area (Å²) in [4.78, 5) is 22.4. The zero-order valence-electron chi connectivity index (χ0n) is 12.6. The number of carboxylic acids is 1. The third kappa shape index (κ3) is 6.22. The van der Waals surface area contributed by atoms with Crippen molar-refractivity contribution in [1.82, 2.24) is 0 Å². The molecule has 2 atom stereocenters. The van der Waals surface area contributed by atoms with Gasteiger partial charge in [0.25, 0.3) is 0 Å². The maximum Gasteiger partial charge on any atom is 0.306 e. The fraction of sp³-hybridized carbons (Fsp3) is 0.500. The summed E-state index contributed by atoms with van der Waals surface area (Å²) >= 11 is 0. The van der Waals surface area contributed by atoms with Crippen molar-refractivity contribution in [2.75, 3.05) is 13.3 Å². The Morgan fingerprint density at radius 1 is 1.27 bits per heavy atom. The van der Waals surface area contributed by atoms with Gasteiger partial charge in [0.05, 0.1) is 12.0 Å². The molecule has 0 saturated carbocycles. The van der Waals surface area contributed by atoms with Gasteiger partial charge in [-0.3, -0.25) is 9.59 Å². The number of ether oxygens (including phenoxy) is 1. The second kappa shape index (κ2) is 9.15.